The number of benzene rings is 2. The normalized spacial score (nSPS) is 9.70. The molecule has 0 atom stereocenters. The van der Waals surface area contributed by atoms with E-state index in [4.69, 9.17) is 32.4 Å². The quantitative estimate of drug-likeness (QED) is 0.699. The van der Waals surface area contributed by atoms with Gasteiger partial charge in [-0.25, -0.2) is 0 Å². The van der Waals surface area contributed by atoms with Crippen LogP contribution in [-0.4, -0.2) is 14.6 Å². The fourth-order valence-corrected chi connectivity index (χ4v) is 2.18. The summed E-state index contributed by atoms with van der Waals surface area (Å²) in [4.78, 5) is 0. The van der Waals surface area contributed by atoms with Gasteiger partial charge in [0.05, 0.1) is 0 Å². The molecule has 2 aromatic rings. The Morgan fingerprint density at radius 2 is 1.48 bits per heavy atom. The Morgan fingerprint density at radius 1 is 0.913 bits per heavy atom. The molecule has 0 fully saturated rings. The maximum absolute atomic E-state index is 6.16. The maximum atomic E-state index is 6.16. The smallest absolute Gasteiger partial charge is 0.533 e. The van der Waals surface area contributed by atoms with Crippen LogP contribution < -0.4 is 10.1 Å². The van der Waals surface area contributed by atoms with Gasteiger partial charge in [-0.15, -0.1) is 0 Å². The van der Waals surface area contributed by atoms with E-state index in [1.54, 1.807) is 20.4 Å². The minimum atomic E-state index is -0.563. The van der Waals surface area contributed by atoms with Crippen LogP contribution in [-0.2, 0) is 4.57 Å². The molecule has 0 N–H and O–H groups in total. The van der Waals surface area contributed by atoms with E-state index in [-0.39, 0.29) is 0 Å². The summed E-state index contributed by atoms with van der Waals surface area (Å²) in [7, 11) is 1.03. The molecular formula is C17H21B2Cl2O2. The maximum Gasteiger partial charge on any atom is 0.547 e. The lowest BCUT2D eigenvalue weighted by Crippen LogP contribution is -2.40. The fourth-order valence-electron chi connectivity index (χ4n) is 1.82. The minimum Gasteiger partial charge on any atom is -0.533 e. The molecule has 2 nitrogen and oxygen atoms in total. The average Bonchev–Trinajstić information content (AvgIpc) is 2.55. The van der Waals surface area contributed by atoms with Crippen LogP contribution in [0.1, 0.15) is 25.0 Å². The van der Waals surface area contributed by atoms with Crippen molar-refractivity contribution >= 4 is 43.3 Å². The summed E-state index contributed by atoms with van der Waals surface area (Å²) < 4.78 is 11.4. The third kappa shape index (κ3) is 5.80. The van der Waals surface area contributed by atoms with Crippen molar-refractivity contribution < 1.29 is 9.23 Å². The monoisotopic (exact) mass is 349 g/mol. The van der Waals surface area contributed by atoms with E-state index in [1.807, 2.05) is 58.0 Å². The second kappa shape index (κ2) is 9.92. The molecule has 0 spiro atoms. The summed E-state index contributed by atoms with van der Waals surface area (Å²) in [6, 6.07) is 11.3. The van der Waals surface area contributed by atoms with Crippen LogP contribution in [0.4, 0.5) is 0 Å². The van der Waals surface area contributed by atoms with Crippen molar-refractivity contribution in [1.82, 2.24) is 0 Å². The van der Waals surface area contributed by atoms with E-state index < -0.39 is 7.12 Å². The third-order valence-electron chi connectivity index (χ3n) is 3.11. The SMILES string of the molecule is CC.C[B]OB(Oc1ccc(C)c(Cl)c1)c1ccc(C)c(Cl)c1. The van der Waals surface area contributed by atoms with Gasteiger partial charge in [-0.2, -0.15) is 0 Å². The molecule has 0 bridgehead atoms. The Kier molecular flexibility index (Phi) is 8.60. The first-order chi connectivity index (χ1) is 11.0. The largest absolute Gasteiger partial charge is 0.547 e. The molecule has 0 saturated heterocycles. The van der Waals surface area contributed by atoms with Gasteiger partial charge < -0.3 is 9.23 Å². The van der Waals surface area contributed by atoms with Gasteiger partial charge in [0.1, 0.15) is 5.75 Å². The standard InChI is InChI=1S/C15H15B2Cl2O2.C2H6/c1-10-4-6-12(8-14(10)18)17(21-16-3)20-13-7-5-11(2)15(19)9-13;1-2/h4-9H,1-3H3;1-2H3. The van der Waals surface area contributed by atoms with Crippen molar-refractivity contribution in [3.8, 4) is 5.75 Å². The van der Waals surface area contributed by atoms with Gasteiger partial charge in [0, 0.05) is 10.0 Å². The van der Waals surface area contributed by atoms with E-state index in [0.29, 0.717) is 15.8 Å². The van der Waals surface area contributed by atoms with Crippen LogP contribution >= 0.6 is 23.2 Å². The van der Waals surface area contributed by atoms with Crippen LogP contribution in [0.25, 0.3) is 0 Å². The Morgan fingerprint density at radius 3 is 2.00 bits per heavy atom. The molecule has 0 heterocycles. The van der Waals surface area contributed by atoms with Crippen molar-refractivity contribution in [2.24, 2.45) is 0 Å². The van der Waals surface area contributed by atoms with Gasteiger partial charge >= 0.3 is 7.12 Å². The molecule has 0 aromatic heterocycles. The van der Waals surface area contributed by atoms with E-state index >= 15 is 0 Å². The third-order valence-corrected chi connectivity index (χ3v) is 3.93. The Labute approximate surface area is 150 Å². The van der Waals surface area contributed by atoms with Gasteiger partial charge in [-0.3, -0.25) is 0 Å². The predicted octanol–water partition coefficient (Wildman–Crippen LogP) is 5.09. The second-order valence-corrected chi connectivity index (χ2v) is 5.56. The lowest BCUT2D eigenvalue weighted by atomic mass is 9.76. The van der Waals surface area contributed by atoms with Gasteiger partial charge in [-0.05, 0) is 48.6 Å². The van der Waals surface area contributed by atoms with Crippen molar-refractivity contribution in [1.29, 1.82) is 0 Å². The summed E-state index contributed by atoms with van der Waals surface area (Å²) in [5.41, 5.74) is 2.86. The molecule has 0 amide bonds. The summed E-state index contributed by atoms with van der Waals surface area (Å²) in [5, 5.41) is 1.34. The number of hydrogen-bond acceptors (Lipinski definition) is 2. The van der Waals surface area contributed by atoms with Crippen LogP contribution in [0.15, 0.2) is 36.4 Å². The average molecular weight is 350 g/mol. The lowest BCUT2D eigenvalue weighted by molar-refractivity contribution is 0.455. The van der Waals surface area contributed by atoms with E-state index in [1.165, 1.54) is 0 Å². The number of hydrogen-bond donors (Lipinski definition) is 0. The second-order valence-electron chi connectivity index (χ2n) is 4.74. The first-order valence-corrected chi connectivity index (χ1v) is 8.39. The van der Waals surface area contributed by atoms with Crippen LogP contribution in [0.5, 0.6) is 5.75 Å². The molecule has 2 rings (SSSR count). The minimum absolute atomic E-state index is 0.563. The molecular weight excluding hydrogens is 329 g/mol. The van der Waals surface area contributed by atoms with Crippen LogP contribution in [0.2, 0.25) is 16.9 Å². The van der Waals surface area contributed by atoms with Gasteiger partial charge in [0.2, 0.25) is 0 Å². The molecule has 0 aliphatic heterocycles. The van der Waals surface area contributed by atoms with Crippen molar-refractivity contribution in [2.45, 2.75) is 34.5 Å². The fraction of sp³-hybridized carbons (Fsp3) is 0.294. The van der Waals surface area contributed by atoms with Gasteiger partial charge in [0.25, 0.3) is 7.48 Å². The van der Waals surface area contributed by atoms with Gasteiger partial charge in [-0.1, -0.05) is 62.1 Å². The first kappa shape index (κ1) is 20.0. The van der Waals surface area contributed by atoms with E-state index in [2.05, 4.69) is 0 Å². The highest BCUT2D eigenvalue weighted by molar-refractivity contribution is 6.66. The number of halogens is 2. The highest BCUT2D eigenvalue weighted by Gasteiger charge is 2.23. The molecule has 2 aromatic carbocycles. The zero-order valence-corrected chi connectivity index (χ0v) is 15.7. The van der Waals surface area contributed by atoms with Crippen LogP contribution in [0, 0.1) is 13.8 Å². The first-order valence-electron chi connectivity index (χ1n) is 7.63. The van der Waals surface area contributed by atoms with Gasteiger partial charge in [0.15, 0.2) is 0 Å². The van der Waals surface area contributed by atoms with Crippen molar-refractivity contribution in [3.05, 3.63) is 57.6 Å². The molecule has 1 radical (unpaired) electrons. The number of aryl methyl sites for hydroxylation is 2. The Balaban J connectivity index is 0.00000127. The molecule has 23 heavy (non-hydrogen) atoms. The summed E-state index contributed by atoms with van der Waals surface area (Å²) in [6.07, 6.45) is 0. The summed E-state index contributed by atoms with van der Waals surface area (Å²) in [5.74, 6) is 0.647. The molecule has 0 unspecified atom stereocenters. The Hall–Kier alpha value is -1.09. The molecule has 0 aliphatic rings. The van der Waals surface area contributed by atoms with E-state index in [9.17, 15) is 0 Å². The predicted molar refractivity (Wildman–Crippen MR) is 102 cm³/mol. The molecule has 121 valence electrons. The molecule has 0 saturated carbocycles. The summed E-state index contributed by atoms with van der Waals surface area (Å²) >= 11 is 12.3. The van der Waals surface area contributed by atoms with Crippen LogP contribution in [0.3, 0.4) is 0 Å². The van der Waals surface area contributed by atoms with Crippen molar-refractivity contribution in [2.75, 3.05) is 0 Å². The van der Waals surface area contributed by atoms with E-state index in [0.717, 1.165) is 16.6 Å². The topological polar surface area (TPSA) is 18.5 Å². The zero-order chi connectivity index (χ0) is 17.4. The molecule has 6 heteroatoms. The molecule has 0 aliphatic carbocycles. The zero-order valence-electron chi connectivity index (χ0n) is 14.2. The van der Waals surface area contributed by atoms with Crippen molar-refractivity contribution in [3.63, 3.8) is 0 Å². The summed E-state index contributed by atoms with van der Waals surface area (Å²) in [6.45, 7) is 9.70. The highest BCUT2D eigenvalue weighted by Crippen LogP contribution is 2.22. The highest BCUT2D eigenvalue weighted by atomic mass is 35.5. The lowest BCUT2D eigenvalue weighted by Gasteiger charge is -2.16. The number of rotatable bonds is 5. The Bertz CT molecular complexity index is 636.